The average Bonchev–Trinajstić information content (AvgIpc) is 2.60. The maximum absolute atomic E-state index is 11.7. The highest BCUT2D eigenvalue weighted by molar-refractivity contribution is 6.64. The van der Waals surface area contributed by atoms with Crippen LogP contribution in [0.5, 0.6) is 40.2 Å². The van der Waals surface area contributed by atoms with Crippen LogP contribution in [0.25, 0.3) is 0 Å². The van der Waals surface area contributed by atoms with Crippen molar-refractivity contribution in [2.75, 3.05) is 13.2 Å². The molecule has 0 fully saturated rings. The van der Waals surface area contributed by atoms with E-state index in [4.69, 9.17) is 9.47 Å². The molecule has 0 bridgehead atoms. The number of carbonyl (C=O) groups is 3. The topological polar surface area (TPSA) is 171 Å². The Bertz CT molecular complexity index is 859. The van der Waals surface area contributed by atoms with Crippen LogP contribution < -0.4 is 9.47 Å². The van der Waals surface area contributed by atoms with Crippen LogP contribution in [0.1, 0.15) is 0 Å². The molecule has 0 unspecified atom stereocenters. The molecule has 10 nitrogen and oxygen atoms in total. The van der Waals surface area contributed by atoms with Gasteiger partial charge in [0.2, 0.25) is 17.3 Å². The van der Waals surface area contributed by atoms with Crippen molar-refractivity contribution in [3.05, 3.63) is 30.3 Å². The predicted molar refractivity (Wildman–Crippen MR) is 87.2 cm³/mol. The summed E-state index contributed by atoms with van der Waals surface area (Å²) in [6.45, 7) is -1.67. The molecule has 10 heteroatoms. The quantitative estimate of drug-likeness (QED) is 0.246. The number of Topliss-reactive ketones (excluding diaryl/α,β-unsaturated/α-hetero) is 3. The SMILES string of the molecule is O=C(COc1cc(O)cc(O)c1)C(=O)C(=O)COc1cc(O)c(O)c(O)c1. The van der Waals surface area contributed by atoms with Gasteiger partial charge in [0.25, 0.3) is 5.78 Å². The zero-order valence-corrected chi connectivity index (χ0v) is 13.6. The number of phenolic OH excluding ortho intramolecular Hbond substituents is 5. The molecule has 0 aromatic heterocycles. The zero-order chi connectivity index (χ0) is 20.1. The first kappa shape index (κ1) is 19.4. The maximum Gasteiger partial charge on any atom is 0.271 e. The summed E-state index contributed by atoms with van der Waals surface area (Å²) in [5.74, 6) is -6.97. The second kappa shape index (κ2) is 7.95. The van der Waals surface area contributed by atoms with Crippen LogP contribution in [-0.4, -0.2) is 56.1 Å². The van der Waals surface area contributed by atoms with E-state index in [0.717, 1.165) is 30.3 Å². The summed E-state index contributed by atoms with van der Waals surface area (Å²) in [6.07, 6.45) is 0. The third-order valence-corrected chi connectivity index (χ3v) is 3.17. The van der Waals surface area contributed by atoms with Gasteiger partial charge in [-0.05, 0) is 0 Å². The molecule has 0 atom stereocenters. The monoisotopic (exact) mass is 378 g/mol. The highest BCUT2D eigenvalue weighted by Crippen LogP contribution is 2.38. The van der Waals surface area contributed by atoms with Gasteiger partial charge in [-0.25, -0.2) is 0 Å². The first-order valence-electron chi connectivity index (χ1n) is 7.31. The van der Waals surface area contributed by atoms with Crippen molar-refractivity contribution in [3.8, 4) is 40.2 Å². The number of hydrogen-bond acceptors (Lipinski definition) is 10. The Labute approximate surface area is 151 Å². The molecular formula is C17H14O10. The van der Waals surface area contributed by atoms with E-state index in [1.54, 1.807) is 0 Å². The molecule has 0 radical (unpaired) electrons. The van der Waals surface area contributed by atoms with Crippen LogP contribution in [-0.2, 0) is 14.4 Å². The van der Waals surface area contributed by atoms with Crippen molar-refractivity contribution in [1.82, 2.24) is 0 Å². The van der Waals surface area contributed by atoms with Crippen LogP contribution in [0.2, 0.25) is 0 Å². The summed E-state index contributed by atoms with van der Waals surface area (Å²) in [6, 6.07) is 5.00. The minimum atomic E-state index is -1.41. The first-order valence-corrected chi connectivity index (χ1v) is 7.31. The molecule has 0 saturated carbocycles. The van der Waals surface area contributed by atoms with Crippen LogP contribution in [0, 0.1) is 0 Å². The number of hydrogen-bond donors (Lipinski definition) is 5. The van der Waals surface area contributed by atoms with E-state index in [2.05, 4.69) is 0 Å². The summed E-state index contributed by atoms with van der Waals surface area (Å²) in [4.78, 5) is 35.1. The number of aromatic hydroxyl groups is 5. The first-order chi connectivity index (χ1) is 12.7. The normalized spacial score (nSPS) is 10.2. The largest absolute Gasteiger partial charge is 0.508 e. The van der Waals surface area contributed by atoms with Gasteiger partial charge in [0, 0.05) is 30.3 Å². The number of benzene rings is 2. The lowest BCUT2D eigenvalue weighted by molar-refractivity contribution is -0.145. The smallest absolute Gasteiger partial charge is 0.271 e. The average molecular weight is 378 g/mol. The molecule has 0 heterocycles. The molecule has 0 saturated heterocycles. The Morgan fingerprint density at radius 1 is 0.667 bits per heavy atom. The minimum absolute atomic E-state index is 0.0904. The van der Waals surface area contributed by atoms with Gasteiger partial charge in [-0.1, -0.05) is 0 Å². The fraction of sp³-hybridized carbons (Fsp3) is 0.118. The molecule has 0 aliphatic heterocycles. The number of ketones is 3. The molecule has 142 valence electrons. The predicted octanol–water partition coefficient (Wildman–Crippen LogP) is 0.380. The lowest BCUT2D eigenvalue weighted by Gasteiger charge is -2.08. The maximum atomic E-state index is 11.7. The van der Waals surface area contributed by atoms with Gasteiger partial charge in [-0.2, -0.15) is 0 Å². The molecule has 27 heavy (non-hydrogen) atoms. The number of phenols is 5. The highest BCUT2D eigenvalue weighted by atomic mass is 16.5. The van der Waals surface area contributed by atoms with Crippen LogP contribution >= 0.6 is 0 Å². The van der Waals surface area contributed by atoms with Crippen molar-refractivity contribution in [2.24, 2.45) is 0 Å². The van der Waals surface area contributed by atoms with E-state index < -0.39 is 47.8 Å². The summed E-state index contributed by atoms with van der Waals surface area (Å²) >= 11 is 0. The minimum Gasteiger partial charge on any atom is -0.508 e. The van der Waals surface area contributed by atoms with Gasteiger partial charge in [0.15, 0.2) is 24.7 Å². The molecule has 2 aromatic rings. The van der Waals surface area contributed by atoms with Crippen LogP contribution in [0.15, 0.2) is 30.3 Å². The zero-order valence-electron chi connectivity index (χ0n) is 13.6. The Kier molecular flexibility index (Phi) is 5.71. The van der Waals surface area contributed by atoms with Gasteiger partial charge in [-0.3, -0.25) is 14.4 Å². The standard InChI is InChI=1S/C17H14O10/c18-8-1-9(19)3-10(2-8)26-6-14(22)17(25)15(23)7-27-11-4-12(20)16(24)13(21)5-11/h1-5,18-21,24H,6-7H2. The molecule has 2 rings (SSSR count). The number of ether oxygens (including phenoxy) is 2. The van der Waals surface area contributed by atoms with Gasteiger partial charge in [0.1, 0.15) is 23.0 Å². The van der Waals surface area contributed by atoms with Crippen molar-refractivity contribution in [1.29, 1.82) is 0 Å². The molecule has 0 amide bonds. The highest BCUT2D eigenvalue weighted by Gasteiger charge is 2.24. The lowest BCUT2D eigenvalue weighted by atomic mass is 10.2. The second-order valence-corrected chi connectivity index (χ2v) is 5.25. The van der Waals surface area contributed by atoms with E-state index in [-0.39, 0.29) is 23.0 Å². The van der Waals surface area contributed by atoms with Gasteiger partial charge in [0.05, 0.1) is 0 Å². The molecule has 0 aliphatic carbocycles. The molecule has 0 aliphatic rings. The van der Waals surface area contributed by atoms with E-state index in [0.29, 0.717) is 0 Å². The van der Waals surface area contributed by atoms with E-state index >= 15 is 0 Å². The fourth-order valence-electron chi connectivity index (χ4n) is 1.90. The Balaban J connectivity index is 1.90. The number of carbonyl (C=O) groups excluding carboxylic acids is 3. The van der Waals surface area contributed by atoms with Crippen molar-refractivity contribution < 1.29 is 49.4 Å². The number of rotatable bonds is 8. The molecule has 5 N–H and O–H groups in total. The van der Waals surface area contributed by atoms with Crippen molar-refractivity contribution >= 4 is 17.3 Å². The van der Waals surface area contributed by atoms with E-state index in [1.807, 2.05) is 0 Å². The van der Waals surface area contributed by atoms with Gasteiger partial charge < -0.3 is 35.0 Å². The van der Waals surface area contributed by atoms with E-state index in [1.165, 1.54) is 0 Å². The van der Waals surface area contributed by atoms with Crippen LogP contribution in [0.4, 0.5) is 0 Å². The summed E-state index contributed by atoms with van der Waals surface area (Å²) in [5, 5.41) is 46.4. The molecule has 2 aromatic carbocycles. The van der Waals surface area contributed by atoms with E-state index in [9.17, 15) is 39.9 Å². The lowest BCUT2D eigenvalue weighted by Crippen LogP contribution is -2.32. The van der Waals surface area contributed by atoms with Gasteiger partial charge in [-0.15, -0.1) is 0 Å². The Morgan fingerprint density at radius 2 is 1.07 bits per heavy atom. The van der Waals surface area contributed by atoms with Crippen LogP contribution in [0.3, 0.4) is 0 Å². The Hall–Kier alpha value is -3.95. The van der Waals surface area contributed by atoms with Gasteiger partial charge >= 0.3 is 0 Å². The molecule has 0 spiro atoms. The summed E-state index contributed by atoms with van der Waals surface area (Å²) in [7, 11) is 0. The summed E-state index contributed by atoms with van der Waals surface area (Å²) in [5.41, 5.74) is 0. The third-order valence-electron chi connectivity index (χ3n) is 3.17. The fourth-order valence-corrected chi connectivity index (χ4v) is 1.90. The molecular weight excluding hydrogens is 364 g/mol. The Morgan fingerprint density at radius 3 is 1.52 bits per heavy atom. The van der Waals surface area contributed by atoms with Crippen molar-refractivity contribution in [3.63, 3.8) is 0 Å². The third kappa shape index (κ3) is 5.01. The van der Waals surface area contributed by atoms with Crippen molar-refractivity contribution in [2.45, 2.75) is 0 Å². The second-order valence-electron chi connectivity index (χ2n) is 5.25. The summed E-state index contributed by atoms with van der Waals surface area (Å²) < 4.78 is 9.82.